The molecule has 0 atom stereocenters. The van der Waals surface area contributed by atoms with E-state index in [1.165, 1.54) is 0 Å². The van der Waals surface area contributed by atoms with Crippen LogP contribution in [0.5, 0.6) is 0 Å². The van der Waals surface area contributed by atoms with Crippen LogP contribution >= 0.6 is 23.7 Å². The summed E-state index contributed by atoms with van der Waals surface area (Å²) in [7, 11) is 0. The zero-order valence-electron chi connectivity index (χ0n) is 11.8. The van der Waals surface area contributed by atoms with E-state index in [1.54, 1.807) is 11.3 Å². The zero-order valence-corrected chi connectivity index (χ0v) is 13.5. The summed E-state index contributed by atoms with van der Waals surface area (Å²) in [5.74, 6) is 0. The van der Waals surface area contributed by atoms with Gasteiger partial charge in [0.15, 0.2) is 0 Å². The van der Waals surface area contributed by atoms with Gasteiger partial charge in [0.25, 0.3) is 0 Å². The number of hydrogen-bond donors (Lipinski definition) is 0. The van der Waals surface area contributed by atoms with Crippen LogP contribution in [0.1, 0.15) is 19.0 Å². The topological polar surface area (TPSA) is 25.8 Å². The van der Waals surface area contributed by atoms with E-state index in [9.17, 15) is 0 Å². The lowest BCUT2D eigenvalue weighted by molar-refractivity contribution is 0.883. The van der Waals surface area contributed by atoms with Crippen molar-refractivity contribution in [3.8, 4) is 21.8 Å². The first-order valence-corrected chi connectivity index (χ1v) is 7.71. The lowest BCUT2D eigenvalue weighted by Crippen LogP contribution is -1.89. The Bertz CT molecular complexity index is 695. The molecular formula is C17H17ClN2S. The van der Waals surface area contributed by atoms with Crippen LogP contribution in [0, 0.1) is 0 Å². The number of thiazole rings is 1. The van der Waals surface area contributed by atoms with Crippen molar-refractivity contribution in [2.24, 2.45) is 0 Å². The predicted molar refractivity (Wildman–Crippen MR) is 92.0 cm³/mol. The van der Waals surface area contributed by atoms with Gasteiger partial charge in [-0.1, -0.05) is 43.7 Å². The molecule has 21 heavy (non-hydrogen) atoms. The minimum atomic E-state index is 0. The van der Waals surface area contributed by atoms with Crippen LogP contribution in [0.4, 0.5) is 0 Å². The Morgan fingerprint density at radius 1 is 1.05 bits per heavy atom. The second kappa shape index (κ2) is 7.34. The maximum absolute atomic E-state index is 4.74. The number of pyridine rings is 1. The van der Waals surface area contributed by atoms with Crippen LogP contribution in [0.25, 0.3) is 21.8 Å². The van der Waals surface area contributed by atoms with Gasteiger partial charge in [0.2, 0.25) is 0 Å². The fourth-order valence-corrected chi connectivity index (χ4v) is 2.98. The first kappa shape index (κ1) is 15.7. The molecule has 0 aliphatic rings. The first-order chi connectivity index (χ1) is 9.86. The van der Waals surface area contributed by atoms with E-state index >= 15 is 0 Å². The van der Waals surface area contributed by atoms with Gasteiger partial charge in [-0.15, -0.1) is 23.7 Å². The Balaban J connectivity index is 0.00000161. The third-order valence-corrected chi connectivity index (χ3v) is 4.03. The fourth-order valence-electron chi connectivity index (χ4n) is 2.15. The molecule has 0 saturated heterocycles. The quantitative estimate of drug-likeness (QED) is 0.657. The summed E-state index contributed by atoms with van der Waals surface area (Å²) in [5, 5.41) is 3.17. The Morgan fingerprint density at radius 2 is 1.86 bits per heavy atom. The largest absolute Gasteiger partial charge is 0.261 e. The van der Waals surface area contributed by atoms with E-state index in [0.29, 0.717) is 0 Å². The summed E-state index contributed by atoms with van der Waals surface area (Å²) in [4.78, 5) is 9.14. The van der Waals surface area contributed by atoms with Gasteiger partial charge in [-0.3, -0.25) is 4.98 Å². The van der Waals surface area contributed by atoms with Gasteiger partial charge in [-0.05, 0) is 18.6 Å². The molecule has 1 aromatic carbocycles. The average Bonchev–Trinajstić information content (AvgIpc) is 2.99. The number of aryl methyl sites for hydroxylation is 1. The SMILES string of the molecule is CCCc1cc(-c2nc(-c3ccccc3)cs2)ccn1.Cl. The van der Waals surface area contributed by atoms with E-state index in [2.05, 4.69) is 35.5 Å². The van der Waals surface area contributed by atoms with Crippen LogP contribution in [0.15, 0.2) is 54.0 Å². The van der Waals surface area contributed by atoms with Crippen molar-refractivity contribution in [2.45, 2.75) is 19.8 Å². The van der Waals surface area contributed by atoms with Crippen LogP contribution in [0.3, 0.4) is 0 Å². The normalized spacial score (nSPS) is 10.1. The summed E-state index contributed by atoms with van der Waals surface area (Å²) >= 11 is 1.69. The standard InChI is InChI=1S/C17H16N2S.ClH/c1-2-6-15-11-14(9-10-18-15)17-19-16(12-20-17)13-7-4-3-5-8-13;/h3-5,7-12H,2,6H2,1H3;1H. The van der Waals surface area contributed by atoms with Gasteiger partial charge in [-0.2, -0.15) is 0 Å². The highest BCUT2D eigenvalue weighted by Gasteiger charge is 2.07. The molecule has 0 saturated carbocycles. The Hall–Kier alpha value is -1.71. The smallest absolute Gasteiger partial charge is 0.124 e. The van der Waals surface area contributed by atoms with Crippen molar-refractivity contribution in [1.29, 1.82) is 0 Å². The molecule has 0 N–H and O–H groups in total. The highest BCUT2D eigenvalue weighted by molar-refractivity contribution is 7.13. The predicted octanol–water partition coefficient (Wildman–Crippen LogP) is 5.25. The molecule has 0 unspecified atom stereocenters. The minimum absolute atomic E-state index is 0. The van der Waals surface area contributed by atoms with E-state index in [0.717, 1.165) is 40.4 Å². The van der Waals surface area contributed by atoms with Crippen molar-refractivity contribution in [1.82, 2.24) is 9.97 Å². The molecule has 2 nitrogen and oxygen atoms in total. The van der Waals surface area contributed by atoms with Crippen molar-refractivity contribution >= 4 is 23.7 Å². The molecule has 0 aliphatic carbocycles. The van der Waals surface area contributed by atoms with E-state index < -0.39 is 0 Å². The van der Waals surface area contributed by atoms with Crippen molar-refractivity contribution in [3.63, 3.8) is 0 Å². The van der Waals surface area contributed by atoms with Crippen molar-refractivity contribution in [2.75, 3.05) is 0 Å². The molecule has 2 aromatic heterocycles. The summed E-state index contributed by atoms with van der Waals surface area (Å²) in [6.45, 7) is 2.17. The number of nitrogens with zero attached hydrogens (tertiary/aromatic N) is 2. The molecule has 0 aliphatic heterocycles. The maximum atomic E-state index is 4.74. The van der Waals surface area contributed by atoms with Crippen LogP contribution in [-0.4, -0.2) is 9.97 Å². The second-order valence-electron chi connectivity index (χ2n) is 4.69. The number of aromatic nitrogens is 2. The van der Waals surface area contributed by atoms with Gasteiger partial charge in [-0.25, -0.2) is 4.98 Å². The molecule has 0 amide bonds. The lowest BCUT2D eigenvalue weighted by atomic mass is 10.1. The molecule has 0 spiro atoms. The van der Waals surface area contributed by atoms with Gasteiger partial charge in [0.05, 0.1) is 5.69 Å². The number of benzene rings is 1. The second-order valence-corrected chi connectivity index (χ2v) is 5.55. The Kier molecular flexibility index (Phi) is 5.48. The maximum Gasteiger partial charge on any atom is 0.124 e. The van der Waals surface area contributed by atoms with Crippen LogP contribution < -0.4 is 0 Å². The van der Waals surface area contributed by atoms with E-state index in [4.69, 9.17) is 4.98 Å². The Labute approximate surface area is 135 Å². The highest BCUT2D eigenvalue weighted by Crippen LogP contribution is 2.28. The van der Waals surface area contributed by atoms with Crippen molar-refractivity contribution < 1.29 is 0 Å². The van der Waals surface area contributed by atoms with Crippen LogP contribution in [-0.2, 0) is 6.42 Å². The fraction of sp³-hybridized carbons (Fsp3) is 0.176. The molecule has 3 rings (SSSR count). The Morgan fingerprint density at radius 3 is 2.62 bits per heavy atom. The molecule has 2 heterocycles. The molecule has 0 fully saturated rings. The van der Waals surface area contributed by atoms with Gasteiger partial charge in [0, 0.05) is 28.4 Å². The van der Waals surface area contributed by atoms with Crippen molar-refractivity contribution in [3.05, 3.63) is 59.7 Å². The monoisotopic (exact) mass is 316 g/mol. The molecule has 4 heteroatoms. The summed E-state index contributed by atoms with van der Waals surface area (Å²) in [5.41, 5.74) is 4.51. The summed E-state index contributed by atoms with van der Waals surface area (Å²) < 4.78 is 0. The molecular weight excluding hydrogens is 300 g/mol. The van der Waals surface area contributed by atoms with Crippen LogP contribution in [0.2, 0.25) is 0 Å². The van der Waals surface area contributed by atoms with E-state index in [-0.39, 0.29) is 12.4 Å². The molecule has 3 aromatic rings. The third kappa shape index (κ3) is 3.69. The highest BCUT2D eigenvalue weighted by atomic mass is 35.5. The average molecular weight is 317 g/mol. The third-order valence-electron chi connectivity index (χ3n) is 3.14. The number of hydrogen-bond acceptors (Lipinski definition) is 3. The van der Waals surface area contributed by atoms with Gasteiger partial charge >= 0.3 is 0 Å². The van der Waals surface area contributed by atoms with Gasteiger partial charge in [0.1, 0.15) is 5.01 Å². The zero-order chi connectivity index (χ0) is 13.8. The number of halogens is 1. The molecule has 108 valence electrons. The van der Waals surface area contributed by atoms with E-state index in [1.807, 2.05) is 30.5 Å². The van der Waals surface area contributed by atoms with Gasteiger partial charge < -0.3 is 0 Å². The summed E-state index contributed by atoms with van der Waals surface area (Å²) in [6.07, 6.45) is 4.01. The molecule has 0 radical (unpaired) electrons. The number of rotatable bonds is 4. The minimum Gasteiger partial charge on any atom is -0.261 e. The summed E-state index contributed by atoms with van der Waals surface area (Å²) in [6, 6.07) is 14.5. The first-order valence-electron chi connectivity index (χ1n) is 6.83. The molecule has 0 bridgehead atoms. The lowest BCUT2D eigenvalue weighted by Gasteiger charge is -2.00.